The molecule has 8 nitrogen and oxygen atoms in total. The van der Waals surface area contributed by atoms with Gasteiger partial charge in [0.2, 0.25) is 21.8 Å². The number of sulfonamides is 1. The standard InChI is InChI=1S/C24H27N3O5S/c28-22-9-8-20(33(31,32)26-10-1-2-11-26)14-21(22)25-24(30)18-13-23(29)27(15-18)19-7-6-16-4-3-5-17(16)12-19/h6-9,12,14,18,28H,1-5,10-11,13,15H2,(H,25,30). The SMILES string of the molecule is O=C(Nc1cc(S(=O)(=O)N2CCCC2)ccc1O)C1CC(=O)N(c2ccc3c(c2)CCC3)C1. The van der Waals surface area contributed by atoms with Crippen LogP contribution in [-0.2, 0) is 32.5 Å². The third-order valence-electron chi connectivity index (χ3n) is 6.82. The molecule has 2 aromatic rings. The number of anilines is 2. The first kappa shape index (κ1) is 21.9. The summed E-state index contributed by atoms with van der Waals surface area (Å²) in [6.07, 6.45) is 4.88. The third kappa shape index (κ3) is 4.11. The Hall–Kier alpha value is -2.91. The van der Waals surface area contributed by atoms with Crippen LogP contribution in [0.5, 0.6) is 5.75 Å². The van der Waals surface area contributed by atoms with E-state index < -0.39 is 21.8 Å². The van der Waals surface area contributed by atoms with Crippen molar-refractivity contribution in [1.29, 1.82) is 0 Å². The number of aryl methyl sites for hydroxylation is 2. The molecule has 2 saturated heterocycles. The molecule has 2 N–H and O–H groups in total. The number of nitrogens with zero attached hydrogens (tertiary/aromatic N) is 2. The molecule has 0 bridgehead atoms. The van der Waals surface area contributed by atoms with E-state index in [1.807, 2.05) is 12.1 Å². The summed E-state index contributed by atoms with van der Waals surface area (Å²) in [5.41, 5.74) is 3.41. The van der Waals surface area contributed by atoms with Crippen LogP contribution in [0.2, 0.25) is 0 Å². The quantitative estimate of drug-likeness (QED) is 0.655. The molecule has 9 heteroatoms. The number of hydrogen-bond donors (Lipinski definition) is 2. The number of benzene rings is 2. The van der Waals surface area contributed by atoms with Crippen LogP contribution >= 0.6 is 0 Å². The summed E-state index contributed by atoms with van der Waals surface area (Å²) in [6, 6.07) is 9.93. The van der Waals surface area contributed by atoms with Crippen molar-refractivity contribution >= 4 is 33.2 Å². The van der Waals surface area contributed by atoms with Crippen LogP contribution in [0.3, 0.4) is 0 Å². The van der Waals surface area contributed by atoms with Crippen molar-refractivity contribution < 1.29 is 23.1 Å². The van der Waals surface area contributed by atoms with E-state index in [9.17, 15) is 23.1 Å². The molecule has 1 atom stereocenters. The van der Waals surface area contributed by atoms with Gasteiger partial charge in [0.05, 0.1) is 16.5 Å². The van der Waals surface area contributed by atoms with E-state index in [1.54, 1.807) is 4.90 Å². The molecule has 0 aromatic heterocycles. The van der Waals surface area contributed by atoms with E-state index in [0.717, 1.165) is 37.8 Å². The van der Waals surface area contributed by atoms with E-state index in [0.29, 0.717) is 13.1 Å². The first-order valence-electron chi connectivity index (χ1n) is 11.4. The summed E-state index contributed by atoms with van der Waals surface area (Å²) < 4.78 is 27.1. The van der Waals surface area contributed by atoms with Gasteiger partial charge in [-0.05, 0) is 73.6 Å². The first-order valence-corrected chi connectivity index (χ1v) is 12.8. The smallest absolute Gasteiger partial charge is 0.243 e. The molecule has 0 radical (unpaired) electrons. The van der Waals surface area contributed by atoms with Crippen LogP contribution in [0.25, 0.3) is 0 Å². The van der Waals surface area contributed by atoms with E-state index in [-0.39, 0.29) is 35.2 Å². The van der Waals surface area contributed by atoms with Gasteiger partial charge in [-0.2, -0.15) is 4.31 Å². The zero-order valence-electron chi connectivity index (χ0n) is 18.3. The molecule has 3 aliphatic rings. The zero-order chi connectivity index (χ0) is 23.2. The van der Waals surface area contributed by atoms with Crippen LogP contribution < -0.4 is 10.2 Å². The van der Waals surface area contributed by atoms with Crippen LogP contribution in [-0.4, -0.2) is 49.3 Å². The molecule has 174 valence electrons. The van der Waals surface area contributed by atoms with Crippen LogP contribution in [0.4, 0.5) is 11.4 Å². The topological polar surface area (TPSA) is 107 Å². The monoisotopic (exact) mass is 469 g/mol. The number of carbonyl (C=O) groups is 2. The van der Waals surface area contributed by atoms with Gasteiger partial charge in [-0.15, -0.1) is 0 Å². The number of nitrogens with one attached hydrogen (secondary N) is 1. The first-order chi connectivity index (χ1) is 15.8. The lowest BCUT2D eigenvalue weighted by Crippen LogP contribution is -2.29. The summed E-state index contributed by atoms with van der Waals surface area (Å²) in [6.45, 7) is 1.18. The number of phenols is 1. The molecule has 2 fully saturated rings. The van der Waals surface area contributed by atoms with Crippen molar-refractivity contribution in [3.05, 3.63) is 47.5 Å². The molecule has 1 unspecified atom stereocenters. The molecule has 2 amide bonds. The van der Waals surface area contributed by atoms with Gasteiger partial charge in [-0.1, -0.05) is 6.07 Å². The van der Waals surface area contributed by atoms with Crippen LogP contribution in [0.1, 0.15) is 36.8 Å². The lowest BCUT2D eigenvalue weighted by atomic mass is 10.1. The summed E-state index contributed by atoms with van der Waals surface area (Å²) in [7, 11) is -3.68. The van der Waals surface area contributed by atoms with E-state index in [4.69, 9.17) is 0 Å². The average Bonchev–Trinajstić information content (AvgIpc) is 3.55. The summed E-state index contributed by atoms with van der Waals surface area (Å²) in [4.78, 5) is 27.2. The van der Waals surface area contributed by atoms with Crippen molar-refractivity contribution in [3.63, 3.8) is 0 Å². The van der Waals surface area contributed by atoms with Gasteiger partial charge in [0.25, 0.3) is 0 Å². The Morgan fingerprint density at radius 3 is 2.55 bits per heavy atom. The predicted molar refractivity (Wildman–Crippen MR) is 124 cm³/mol. The fraction of sp³-hybridized carbons (Fsp3) is 0.417. The number of hydrogen-bond acceptors (Lipinski definition) is 5. The Morgan fingerprint density at radius 2 is 1.76 bits per heavy atom. The molecule has 2 aliphatic heterocycles. The molecular weight excluding hydrogens is 442 g/mol. The Balaban J connectivity index is 1.31. The van der Waals surface area contributed by atoms with Gasteiger partial charge >= 0.3 is 0 Å². The maximum atomic E-state index is 12.9. The highest BCUT2D eigenvalue weighted by Crippen LogP contribution is 2.33. The largest absolute Gasteiger partial charge is 0.506 e. The van der Waals surface area contributed by atoms with Crippen LogP contribution in [0, 0.1) is 5.92 Å². The fourth-order valence-electron chi connectivity index (χ4n) is 4.95. The minimum absolute atomic E-state index is 0.0276. The van der Waals surface area contributed by atoms with Gasteiger partial charge in [0, 0.05) is 31.7 Å². The van der Waals surface area contributed by atoms with E-state index in [1.165, 1.54) is 33.6 Å². The van der Waals surface area contributed by atoms with Crippen molar-refractivity contribution in [2.24, 2.45) is 5.92 Å². The Bertz CT molecular complexity index is 1220. The number of rotatable bonds is 5. The Labute approximate surface area is 193 Å². The minimum atomic E-state index is -3.68. The number of amides is 2. The summed E-state index contributed by atoms with van der Waals surface area (Å²) in [5, 5.41) is 12.9. The van der Waals surface area contributed by atoms with Crippen molar-refractivity contribution in [2.75, 3.05) is 29.9 Å². The van der Waals surface area contributed by atoms with Gasteiger partial charge < -0.3 is 15.3 Å². The van der Waals surface area contributed by atoms with E-state index in [2.05, 4.69) is 11.4 Å². The second-order valence-corrected chi connectivity index (χ2v) is 10.9. The minimum Gasteiger partial charge on any atom is -0.506 e. The summed E-state index contributed by atoms with van der Waals surface area (Å²) >= 11 is 0. The van der Waals surface area contributed by atoms with Gasteiger partial charge in [0.15, 0.2) is 0 Å². The average molecular weight is 470 g/mol. The van der Waals surface area contributed by atoms with E-state index >= 15 is 0 Å². The maximum absolute atomic E-state index is 12.9. The molecule has 2 aromatic carbocycles. The van der Waals surface area contributed by atoms with Gasteiger partial charge in [0.1, 0.15) is 5.75 Å². The van der Waals surface area contributed by atoms with Crippen molar-refractivity contribution in [3.8, 4) is 5.75 Å². The van der Waals surface area contributed by atoms with Crippen molar-refractivity contribution in [2.45, 2.75) is 43.4 Å². The van der Waals surface area contributed by atoms with Gasteiger partial charge in [-0.25, -0.2) is 8.42 Å². The highest BCUT2D eigenvalue weighted by Gasteiger charge is 2.36. The molecule has 0 saturated carbocycles. The van der Waals surface area contributed by atoms with Crippen molar-refractivity contribution in [1.82, 2.24) is 4.31 Å². The second-order valence-electron chi connectivity index (χ2n) is 8.99. The number of fused-ring (bicyclic) bond motifs is 1. The Kier molecular flexibility index (Phi) is 5.62. The lowest BCUT2D eigenvalue weighted by Gasteiger charge is -2.19. The zero-order valence-corrected chi connectivity index (χ0v) is 19.1. The fourth-order valence-corrected chi connectivity index (χ4v) is 6.49. The highest BCUT2D eigenvalue weighted by atomic mass is 32.2. The maximum Gasteiger partial charge on any atom is 0.243 e. The van der Waals surface area contributed by atoms with Crippen LogP contribution in [0.15, 0.2) is 41.3 Å². The Morgan fingerprint density at radius 1 is 1.00 bits per heavy atom. The molecule has 5 rings (SSSR count). The highest BCUT2D eigenvalue weighted by molar-refractivity contribution is 7.89. The number of carbonyl (C=O) groups excluding carboxylic acids is 2. The molecule has 0 spiro atoms. The number of aromatic hydroxyl groups is 1. The number of phenolic OH excluding ortho intramolecular Hbond substituents is 1. The van der Waals surface area contributed by atoms with Gasteiger partial charge in [-0.3, -0.25) is 9.59 Å². The lowest BCUT2D eigenvalue weighted by molar-refractivity contribution is -0.122. The summed E-state index contributed by atoms with van der Waals surface area (Å²) in [5.74, 6) is -1.35. The normalized spacial score (nSPS) is 20.9. The predicted octanol–water partition coefficient (Wildman–Crippen LogP) is 2.66. The third-order valence-corrected chi connectivity index (χ3v) is 8.71. The molecule has 33 heavy (non-hydrogen) atoms. The molecule has 1 aliphatic carbocycles. The molecular formula is C24H27N3O5S. The molecule has 2 heterocycles. The second kappa shape index (κ2) is 8.46.